The summed E-state index contributed by atoms with van der Waals surface area (Å²) in [5.41, 5.74) is 2.22. The average molecular weight is 357 g/mol. The van der Waals surface area contributed by atoms with Gasteiger partial charge in [-0.2, -0.15) is 0 Å². The van der Waals surface area contributed by atoms with Gasteiger partial charge in [-0.05, 0) is 22.4 Å². The Morgan fingerprint density at radius 3 is 2.59 bits per heavy atom. The molecule has 0 unspecified atom stereocenters. The number of carbonyl (C=O) groups excluding carboxylic acids is 2. The lowest BCUT2D eigenvalue weighted by atomic mass is 10.00. The van der Waals surface area contributed by atoms with E-state index in [9.17, 15) is 9.59 Å². The van der Waals surface area contributed by atoms with E-state index in [1.807, 2.05) is 60.7 Å². The zero-order chi connectivity index (χ0) is 18.9. The van der Waals surface area contributed by atoms with Crippen molar-refractivity contribution < 1.29 is 14.3 Å². The monoisotopic (exact) mass is 357 g/mol. The lowest BCUT2D eigenvalue weighted by molar-refractivity contribution is 0.112. The third-order valence-corrected chi connectivity index (χ3v) is 4.03. The fourth-order valence-corrected chi connectivity index (χ4v) is 2.68. The van der Waals surface area contributed by atoms with Crippen LogP contribution in [0.5, 0.6) is 0 Å². The molecule has 4 nitrogen and oxygen atoms in total. The summed E-state index contributed by atoms with van der Waals surface area (Å²) in [6, 6.07) is 21.0. The topological polar surface area (TPSA) is 55.4 Å². The second-order valence-corrected chi connectivity index (χ2v) is 5.91. The predicted octanol–water partition coefficient (Wildman–Crippen LogP) is 4.32. The Labute approximate surface area is 158 Å². The van der Waals surface area contributed by atoms with Crippen molar-refractivity contribution >= 4 is 23.2 Å². The van der Waals surface area contributed by atoms with Crippen LogP contribution in [-0.2, 0) is 11.3 Å². The van der Waals surface area contributed by atoms with Gasteiger partial charge in [-0.25, -0.2) is 4.79 Å². The number of fused-ring (bicyclic) bond motifs is 1. The fourth-order valence-electron chi connectivity index (χ4n) is 2.68. The molecule has 0 spiro atoms. The van der Waals surface area contributed by atoms with Gasteiger partial charge in [-0.3, -0.25) is 4.79 Å². The Morgan fingerprint density at radius 2 is 1.78 bits per heavy atom. The van der Waals surface area contributed by atoms with Crippen LogP contribution in [0.3, 0.4) is 0 Å². The third-order valence-electron chi connectivity index (χ3n) is 4.03. The van der Waals surface area contributed by atoms with Crippen LogP contribution in [0.25, 0.3) is 10.8 Å². The number of hydrogen-bond donors (Lipinski definition) is 1. The van der Waals surface area contributed by atoms with Gasteiger partial charge in [-0.1, -0.05) is 72.5 Å². The molecule has 0 saturated heterocycles. The van der Waals surface area contributed by atoms with E-state index >= 15 is 0 Å². The maximum atomic E-state index is 11.7. The second-order valence-electron chi connectivity index (χ2n) is 5.91. The minimum atomic E-state index is -0.473. The molecule has 0 aliphatic carbocycles. The van der Waals surface area contributed by atoms with E-state index in [-0.39, 0.29) is 6.61 Å². The zero-order valence-corrected chi connectivity index (χ0v) is 14.8. The summed E-state index contributed by atoms with van der Waals surface area (Å²) in [7, 11) is 0. The van der Waals surface area contributed by atoms with Crippen LogP contribution < -0.4 is 5.32 Å². The molecule has 4 heteroatoms. The average Bonchev–Trinajstić information content (AvgIpc) is 2.72. The van der Waals surface area contributed by atoms with E-state index in [2.05, 4.69) is 17.2 Å². The van der Waals surface area contributed by atoms with Crippen molar-refractivity contribution in [1.82, 2.24) is 5.32 Å². The largest absolute Gasteiger partial charge is 0.445 e. The van der Waals surface area contributed by atoms with Crippen molar-refractivity contribution in [3.63, 3.8) is 0 Å². The molecule has 134 valence electrons. The van der Waals surface area contributed by atoms with Gasteiger partial charge in [0, 0.05) is 24.1 Å². The van der Waals surface area contributed by atoms with Crippen molar-refractivity contribution in [1.29, 1.82) is 0 Å². The van der Waals surface area contributed by atoms with E-state index in [0.717, 1.165) is 28.2 Å². The zero-order valence-electron chi connectivity index (χ0n) is 14.8. The molecule has 3 aromatic rings. The van der Waals surface area contributed by atoms with Gasteiger partial charge in [0.15, 0.2) is 6.29 Å². The van der Waals surface area contributed by atoms with Gasteiger partial charge in [0.05, 0.1) is 0 Å². The number of rotatable bonds is 5. The van der Waals surface area contributed by atoms with E-state index in [1.54, 1.807) is 6.07 Å². The van der Waals surface area contributed by atoms with Crippen LogP contribution in [0, 0.1) is 11.8 Å². The maximum absolute atomic E-state index is 11.7. The van der Waals surface area contributed by atoms with Gasteiger partial charge in [-0.15, -0.1) is 0 Å². The summed E-state index contributed by atoms with van der Waals surface area (Å²) in [5, 5.41) is 4.66. The number of alkyl carbamates (subject to hydrolysis) is 1. The summed E-state index contributed by atoms with van der Waals surface area (Å²) in [4.78, 5) is 23.0. The molecule has 1 N–H and O–H groups in total. The number of ether oxygens (including phenoxy) is 1. The van der Waals surface area contributed by atoms with Gasteiger partial charge < -0.3 is 10.1 Å². The molecule has 0 fully saturated rings. The molecule has 27 heavy (non-hydrogen) atoms. The normalized spacial score (nSPS) is 9.93. The van der Waals surface area contributed by atoms with Crippen LogP contribution in [0.2, 0.25) is 0 Å². The number of benzene rings is 3. The van der Waals surface area contributed by atoms with Crippen LogP contribution >= 0.6 is 0 Å². The molecule has 0 saturated carbocycles. The molecule has 3 aromatic carbocycles. The predicted molar refractivity (Wildman–Crippen MR) is 105 cm³/mol. The highest BCUT2D eigenvalue weighted by molar-refractivity contribution is 5.95. The van der Waals surface area contributed by atoms with E-state index in [4.69, 9.17) is 4.74 Å². The van der Waals surface area contributed by atoms with Crippen LogP contribution in [0.15, 0.2) is 66.7 Å². The Morgan fingerprint density at radius 1 is 1.00 bits per heavy atom. The quantitative estimate of drug-likeness (QED) is 0.420. The van der Waals surface area contributed by atoms with Crippen molar-refractivity contribution in [2.24, 2.45) is 0 Å². The first-order chi connectivity index (χ1) is 13.3. The maximum Gasteiger partial charge on any atom is 0.407 e. The Bertz CT molecular complexity index is 1000. The van der Waals surface area contributed by atoms with Crippen molar-refractivity contribution in [3.8, 4) is 11.8 Å². The summed E-state index contributed by atoms with van der Waals surface area (Å²) in [6.07, 6.45) is 0.803. The molecule has 0 atom stereocenters. The summed E-state index contributed by atoms with van der Waals surface area (Å²) < 4.78 is 5.14. The summed E-state index contributed by atoms with van der Waals surface area (Å²) in [5.74, 6) is 6.08. The Hall–Kier alpha value is -3.58. The Balaban J connectivity index is 1.54. The highest BCUT2D eigenvalue weighted by atomic mass is 16.5. The van der Waals surface area contributed by atoms with Gasteiger partial charge in [0.1, 0.15) is 6.61 Å². The first-order valence-electron chi connectivity index (χ1n) is 8.68. The summed E-state index contributed by atoms with van der Waals surface area (Å²) >= 11 is 0. The fraction of sp³-hybridized carbons (Fsp3) is 0.130. The van der Waals surface area contributed by atoms with E-state index < -0.39 is 6.09 Å². The SMILES string of the molecule is O=Cc1ccc2ccccc2c1C#CCCNC(=O)OCc1ccccc1. The lowest BCUT2D eigenvalue weighted by Gasteiger charge is -2.05. The van der Waals surface area contributed by atoms with Gasteiger partial charge in [0.2, 0.25) is 0 Å². The number of hydrogen-bond acceptors (Lipinski definition) is 3. The summed E-state index contributed by atoms with van der Waals surface area (Å²) in [6.45, 7) is 0.610. The third kappa shape index (κ3) is 4.96. The first-order valence-corrected chi connectivity index (χ1v) is 8.68. The molecule has 0 bridgehead atoms. The number of aldehydes is 1. The van der Waals surface area contributed by atoms with E-state index in [1.165, 1.54) is 0 Å². The molecule has 0 aliphatic heterocycles. The molecular formula is C23H19NO3. The smallest absolute Gasteiger partial charge is 0.407 e. The van der Waals surface area contributed by atoms with Gasteiger partial charge >= 0.3 is 6.09 Å². The van der Waals surface area contributed by atoms with Crippen LogP contribution in [0.1, 0.15) is 27.9 Å². The molecule has 0 aromatic heterocycles. The van der Waals surface area contributed by atoms with Crippen LogP contribution in [-0.4, -0.2) is 18.9 Å². The number of nitrogens with one attached hydrogen (secondary N) is 1. The van der Waals surface area contributed by atoms with Crippen molar-refractivity contribution in [3.05, 3.63) is 83.4 Å². The highest BCUT2D eigenvalue weighted by Crippen LogP contribution is 2.20. The van der Waals surface area contributed by atoms with Crippen molar-refractivity contribution in [2.75, 3.05) is 6.54 Å². The first kappa shape index (κ1) is 18.2. The molecule has 0 radical (unpaired) electrons. The molecule has 0 aliphatic rings. The lowest BCUT2D eigenvalue weighted by Crippen LogP contribution is -2.24. The molecule has 3 rings (SSSR count). The molecular weight excluding hydrogens is 338 g/mol. The second kappa shape index (κ2) is 9.21. The van der Waals surface area contributed by atoms with E-state index in [0.29, 0.717) is 18.5 Å². The number of carbonyl (C=O) groups is 2. The number of amides is 1. The standard InChI is InChI=1S/C23H19NO3/c25-16-20-14-13-19-10-4-5-11-21(19)22(20)12-6-7-15-24-23(26)27-17-18-8-2-1-3-9-18/h1-5,8-11,13-14,16H,7,15,17H2,(H,24,26). The van der Waals surface area contributed by atoms with Crippen molar-refractivity contribution in [2.45, 2.75) is 13.0 Å². The molecule has 1 amide bonds. The Kier molecular flexibility index (Phi) is 6.21. The highest BCUT2D eigenvalue weighted by Gasteiger charge is 2.04. The van der Waals surface area contributed by atoms with Crippen LogP contribution in [0.4, 0.5) is 4.79 Å². The molecule has 0 heterocycles. The van der Waals surface area contributed by atoms with Gasteiger partial charge in [0.25, 0.3) is 0 Å². The minimum Gasteiger partial charge on any atom is -0.445 e. The minimum absolute atomic E-state index is 0.233.